The summed E-state index contributed by atoms with van der Waals surface area (Å²) in [6.45, 7) is 7.78. The first-order valence-electron chi connectivity index (χ1n) is 4.30. The fourth-order valence-corrected chi connectivity index (χ4v) is 1.24. The molecule has 68 valence electrons. The fourth-order valence-electron chi connectivity index (χ4n) is 1.24. The molecule has 0 saturated heterocycles. The van der Waals surface area contributed by atoms with Gasteiger partial charge in [0, 0.05) is 11.3 Å². The molecule has 0 bridgehead atoms. The highest BCUT2D eigenvalue weighted by Gasteiger charge is 1.98. The van der Waals surface area contributed by atoms with Crippen molar-refractivity contribution in [2.45, 2.75) is 13.8 Å². The van der Waals surface area contributed by atoms with E-state index in [1.165, 1.54) is 5.56 Å². The van der Waals surface area contributed by atoms with Crippen molar-refractivity contribution in [3.63, 3.8) is 0 Å². The van der Waals surface area contributed by atoms with E-state index >= 15 is 0 Å². The Labute approximate surface area is 79.6 Å². The zero-order valence-corrected chi connectivity index (χ0v) is 8.17. The van der Waals surface area contributed by atoms with Gasteiger partial charge < -0.3 is 5.73 Å². The molecule has 0 radical (unpaired) electrons. The van der Waals surface area contributed by atoms with Crippen molar-refractivity contribution < 1.29 is 0 Å². The Kier molecular flexibility index (Phi) is 2.91. The second-order valence-corrected chi connectivity index (χ2v) is 3.26. The van der Waals surface area contributed by atoms with Crippen molar-refractivity contribution in [1.82, 2.24) is 0 Å². The summed E-state index contributed by atoms with van der Waals surface area (Å²) in [5.74, 6) is 0. The van der Waals surface area contributed by atoms with Gasteiger partial charge >= 0.3 is 0 Å². The lowest BCUT2D eigenvalue weighted by Gasteiger charge is -2.05. The van der Waals surface area contributed by atoms with Crippen molar-refractivity contribution in [3.05, 3.63) is 53.6 Å². The van der Waals surface area contributed by atoms with Gasteiger partial charge in [-0.2, -0.15) is 0 Å². The van der Waals surface area contributed by atoms with E-state index in [0.717, 1.165) is 16.8 Å². The van der Waals surface area contributed by atoms with Crippen LogP contribution in [0, 0.1) is 6.92 Å². The van der Waals surface area contributed by atoms with E-state index in [4.69, 9.17) is 5.73 Å². The molecule has 0 aliphatic heterocycles. The summed E-state index contributed by atoms with van der Waals surface area (Å²) < 4.78 is 0. The molecular weight excluding hydrogens is 158 g/mol. The van der Waals surface area contributed by atoms with E-state index in [0.29, 0.717) is 0 Å². The van der Waals surface area contributed by atoms with Crippen LogP contribution in [0.2, 0.25) is 0 Å². The normalized spacial score (nSPS) is 11.4. The lowest BCUT2D eigenvalue weighted by atomic mass is 10.1. The maximum atomic E-state index is 5.90. The standard InChI is InChI=1S/C12H15N/c1-9(2)8-12(13)11-7-5-4-6-10(11)3/h4-8H,1,13H2,2-3H3/b12-8+. The number of aryl methyl sites for hydroxylation is 1. The molecule has 0 aromatic heterocycles. The Morgan fingerprint density at radius 2 is 2.00 bits per heavy atom. The Bertz CT molecular complexity index is 348. The van der Waals surface area contributed by atoms with Crippen LogP contribution in [0.4, 0.5) is 0 Å². The highest BCUT2D eigenvalue weighted by molar-refractivity contribution is 5.67. The first-order chi connectivity index (χ1) is 6.11. The summed E-state index contributed by atoms with van der Waals surface area (Å²) in [7, 11) is 0. The van der Waals surface area contributed by atoms with Crippen LogP contribution in [0.15, 0.2) is 42.5 Å². The molecule has 0 fully saturated rings. The molecule has 0 aliphatic carbocycles. The topological polar surface area (TPSA) is 26.0 Å². The number of nitrogens with two attached hydrogens (primary N) is 1. The van der Waals surface area contributed by atoms with Crippen LogP contribution in [0.25, 0.3) is 5.70 Å². The summed E-state index contributed by atoms with van der Waals surface area (Å²) in [5, 5.41) is 0. The summed E-state index contributed by atoms with van der Waals surface area (Å²) in [4.78, 5) is 0. The van der Waals surface area contributed by atoms with Gasteiger partial charge in [-0.25, -0.2) is 0 Å². The highest BCUT2D eigenvalue weighted by atomic mass is 14.6. The van der Waals surface area contributed by atoms with Crippen molar-refractivity contribution in [3.8, 4) is 0 Å². The van der Waals surface area contributed by atoms with Crippen molar-refractivity contribution in [2.75, 3.05) is 0 Å². The van der Waals surface area contributed by atoms with Crippen LogP contribution in [0.3, 0.4) is 0 Å². The largest absolute Gasteiger partial charge is 0.398 e. The average molecular weight is 173 g/mol. The SMILES string of the molecule is C=C(C)/C=C(/N)c1ccccc1C. The minimum absolute atomic E-state index is 0.783. The lowest BCUT2D eigenvalue weighted by Crippen LogP contribution is -1.98. The lowest BCUT2D eigenvalue weighted by molar-refractivity contribution is 1.38. The summed E-state index contributed by atoms with van der Waals surface area (Å²) in [6, 6.07) is 8.06. The molecule has 0 amide bonds. The summed E-state index contributed by atoms with van der Waals surface area (Å²) in [5.41, 5.74) is 9.93. The zero-order valence-electron chi connectivity index (χ0n) is 8.17. The third-order valence-corrected chi connectivity index (χ3v) is 1.86. The van der Waals surface area contributed by atoms with Crippen molar-refractivity contribution in [1.29, 1.82) is 0 Å². The van der Waals surface area contributed by atoms with Crippen LogP contribution in [-0.2, 0) is 0 Å². The van der Waals surface area contributed by atoms with E-state index in [9.17, 15) is 0 Å². The Morgan fingerprint density at radius 1 is 1.38 bits per heavy atom. The zero-order chi connectivity index (χ0) is 9.84. The Hall–Kier alpha value is -1.50. The maximum Gasteiger partial charge on any atom is 0.0392 e. The summed E-state index contributed by atoms with van der Waals surface area (Å²) >= 11 is 0. The molecular formula is C12H15N. The first-order valence-corrected chi connectivity index (χ1v) is 4.30. The van der Waals surface area contributed by atoms with Gasteiger partial charge in [0.15, 0.2) is 0 Å². The molecule has 0 heterocycles. The number of rotatable bonds is 2. The third-order valence-electron chi connectivity index (χ3n) is 1.86. The number of allylic oxidation sites excluding steroid dienone is 2. The Morgan fingerprint density at radius 3 is 2.54 bits per heavy atom. The summed E-state index contributed by atoms with van der Waals surface area (Å²) in [6.07, 6.45) is 1.89. The van der Waals surface area contributed by atoms with E-state index in [2.05, 4.69) is 19.6 Å². The molecule has 13 heavy (non-hydrogen) atoms. The molecule has 0 aliphatic rings. The highest BCUT2D eigenvalue weighted by Crippen LogP contribution is 2.14. The molecule has 0 spiro atoms. The maximum absolute atomic E-state index is 5.90. The van der Waals surface area contributed by atoms with Crippen LogP contribution in [0.1, 0.15) is 18.1 Å². The van der Waals surface area contributed by atoms with Gasteiger partial charge in [-0.3, -0.25) is 0 Å². The predicted molar refractivity (Wildman–Crippen MR) is 58.2 cm³/mol. The van der Waals surface area contributed by atoms with Crippen LogP contribution in [0.5, 0.6) is 0 Å². The first kappa shape index (κ1) is 9.59. The average Bonchev–Trinajstić information content (AvgIpc) is 2.03. The van der Waals surface area contributed by atoms with E-state index < -0.39 is 0 Å². The monoisotopic (exact) mass is 173 g/mol. The molecule has 1 nitrogen and oxygen atoms in total. The third kappa shape index (κ3) is 2.48. The van der Waals surface area contributed by atoms with Gasteiger partial charge in [-0.15, -0.1) is 0 Å². The molecule has 0 unspecified atom stereocenters. The van der Waals surface area contributed by atoms with E-state index in [1.807, 2.05) is 31.2 Å². The number of hydrogen-bond donors (Lipinski definition) is 1. The minimum atomic E-state index is 0.783. The van der Waals surface area contributed by atoms with Crippen LogP contribution in [-0.4, -0.2) is 0 Å². The Balaban J connectivity index is 3.08. The van der Waals surface area contributed by atoms with Crippen LogP contribution >= 0.6 is 0 Å². The van der Waals surface area contributed by atoms with Crippen molar-refractivity contribution >= 4 is 5.70 Å². The number of hydrogen-bond acceptors (Lipinski definition) is 1. The van der Waals surface area contributed by atoms with Gasteiger partial charge in [0.2, 0.25) is 0 Å². The van der Waals surface area contributed by atoms with Gasteiger partial charge in [-0.05, 0) is 25.5 Å². The van der Waals surface area contributed by atoms with Gasteiger partial charge in [0.05, 0.1) is 0 Å². The quantitative estimate of drug-likeness (QED) is 0.684. The van der Waals surface area contributed by atoms with Gasteiger partial charge in [0.25, 0.3) is 0 Å². The number of benzene rings is 1. The second-order valence-electron chi connectivity index (χ2n) is 3.26. The smallest absolute Gasteiger partial charge is 0.0392 e. The van der Waals surface area contributed by atoms with Gasteiger partial charge in [-0.1, -0.05) is 36.4 Å². The van der Waals surface area contributed by atoms with Crippen molar-refractivity contribution in [2.24, 2.45) is 5.73 Å². The molecule has 1 aromatic rings. The molecule has 1 rings (SSSR count). The van der Waals surface area contributed by atoms with Crippen LogP contribution < -0.4 is 5.73 Å². The minimum Gasteiger partial charge on any atom is -0.398 e. The second kappa shape index (κ2) is 3.94. The van der Waals surface area contributed by atoms with Gasteiger partial charge in [0.1, 0.15) is 0 Å². The molecule has 1 heteroatoms. The molecule has 2 N–H and O–H groups in total. The fraction of sp³-hybridized carbons (Fsp3) is 0.167. The van der Waals surface area contributed by atoms with E-state index in [-0.39, 0.29) is 0 Å². The predicted octanol–water partition coefficient (Wildman–Crippen LogP) is 2.87. The molecule has 1 aromatic carbocycles. The molecule has 0 saturated carbocycles. The molecule has 0 atom stereocenters. The van der Waals surface area contributed by atoms with E-state index in [1.54, 1.807) is 0 Å².